The minimum absolute atomic E-state index is 0.807. The summed E-state index contributed by atoms with van der Waals surface area (Å²) in [5, 5.41) is 0. The molecule has 3 rings (SSSR count). The summed E-state index contributed by atoms with van der Waals surface area (Å²) in [4.78, 5) is 4.65. The van der Waals surface area contributed by atoms with Crippen LogP contribution in [0.3, 0.4) is 0 Å². The van der Waals surface area contributed by atoms with E-state index >= 15 is 0 Å². The highest BCUT2D eigenvalue weighted by atomic mass is 79.9. The average molecular weight is 461 g/mol. The van der Waals surface area contributed by atoms with Crippen molar-refractivity contribution in [2.45, 2.75) is 0 Å². The molecule has 0 saturated carbocycles. The van der Waals surface area contributed by atoms with Crippen molar-refractivity contribution in [2.24, 2.45) is 0 Å². The number of fused-ring (bicyclic) bond motifs is 1. The van der Waals surface area contributed by atoms with E-state index in [1.807, 2.05) is 41.1 Å². The largest absolute Gasteiger partial charge is 0.496 e. The second-order valence-electron chi connectivity index (χ2n) is 4.21. The van der Waals surface area contributed by atoms with Crippen LogP contribution in [0.1, 0.15) is 0 Å². The molecular formula is C14H9Br3N2O. The number of imidazole rings is 1. The normalized spacial score (nSPS) is 11.0. The Morgan fingerprint density at radius 2 is 1.85 bits per heavy atom. The Kier molecular flexibility index (Phi) is 3.88. The summed E-state index contributed by atoms with van der Waals surface area (Å²) >= 11 is 10.5. The molecule has 0 aliphatic carbocycles. The van der Waals surface area contributed by atoms with Crippen LogP contribution in [0, 0.1) is 0 Å². The number of rotatable bonds is 2. The van der Waals surface area contributed by atoms with Gasteiger partial charge in [0.1, 0.15) is 5.75 Å². The molecule has 2 heterocycles. The van der Waals surface area contributed by atoms with Gasteiger partial charge in [-0.3, -0.25) is 0 Å². The lowest BCUT2D eigenvalue weighted by molar-refractivity contribution is 0.412. The van der Waals surface area contributed by atoms with Gasteiger partial charge in [-0.15, -0.1) is 0 Å². The van der Waals surface area contributed by atoms with Gasteiger partial charge in [-0.05, 0) is 72.1 Å². The smallest absolute Gasteiger partial charge is 0.151 e. The van der Waals surface area contributed by atoms with E-state index in [-0.39, 0.29) is 0 Å². The quantitative estimate of drug-likeness (QED) is 0.519. The number of ether oxygens (including phenoxy) is 1. The monoisotopic (exact) mass is 458 g/mol. The van der Waals surface area contributed by atoms with Gasteiger partial charge in [0.25, 0.3) is 0 Å². The van der Waals surface area contributed by atoms with Crippen molar-refractivity contribution in [3.8, 4) is 17.0 Å². The first kappa shape index (κ1) is 14.1. The first-order chi connectivity index (χ1) is 9.58. The molecule has 0 unspecified atom stereocenters. The fourth-order valence-electron chi connectivity index (χ4n) is 1.99. The first-order valence-electron chi connectivity index (χ1n) is 5.76. The molecule has 0 saturated heterocycles. The fraction of sp³-hybridized carbons (Fsp3) is 0.0714. The summed E-state index contributed by atoms with van der Waals surface area (Å²) < 4.78 is 10.1. The van der Waals surface area contributed by atoms with Crippen LogP contribution in [0.2, 0.25) is 0 Å². The Morgan fingerprint density at radius 1 is 1.05 bits per heavy atom. The van der Waals surface area contributed by atoms with Gasteiger partial charge in [0.05, 0.1) is 21.7 Å². The average Bonchev–Trinajstić information content (AvgIpc) is 2.82. The Bertz CT molecular complexity index is 798. The van der Waals surface area contributed by atoms with Crippen molar-refractivity contribution in [3.63, 3.8) is 0 Å². The number of aromatic nitrogens is 2. The van der Waals surface area contributed by atoms with Crippen LogP contribution in [0.4, 0.5) is 0 Å². The Balaban J connectivity index is 2.15. The van der Waals surface area contributed by atoms with E-state index in [1.54, 1.807) is 7.11 Å². The predicted molar refractivity (Wildman–Crippen MR) is 90.3 cm³/mol. The van der Waals surface area contributed by atoms with Gasteiger partial charge in [-0.2, -0.15) is 0 Å². The third-order valence-corrected chi connectivity index (χ3v) is 4.56. The minimum atomic E-state index is 0.807. The SMILES string of the molecule is COc1ccc(-c2cn3cc(Br)cc(Br)c3n2)cc1Br. The maximum atomic E-state index is 5.24. The lowest BCUT2D eigenvalue weighted by Gasteiger charge is -2.04. The lowest BCUT2D eigenvalue weighted by atomic mass is 10.2. The zero-order valence-corrected chi connectivity index (χ0v) is 15.2. The topological polar surface area (TPSA) is 26.5 Å². The highest BCUT2D eigenvalue weighted by Crippen LogP contribution is 2.31. The Labute approximate surface area is 141 Å². The number of halogens is 3. The number of hydrogen-bond donors (Lipinski definition) is 0. The summed E-state index contributed by atoms with van der Waals surface area (Å²) in [6, 6.07) is 7.91. The van der Waals surface area contributed by atoms with Gasteiger partial charge in [-0.1, -0.05) is 0 Å². The number of methoxy groups -OCH3 is 1. The van der Waals surface area contributed by atoms with Crippen molar-refractivity contribution in [1.29, 1.82) is 0 Å². The molecule has 0 radical (unpaired) electrons. The number of pyridine rings is 1. The molecule has 20 heavy (non-hydrogen) atoms. The van der Waals surface area contributed by atoms with E-state index in [0.29, 0.717) is 0 Å². The molecule has 0 amide bonds. The summed E-state index contributed by atoms with van der Waals surface area (Å²) in [7, 11) is 1.65. The van der Waals surface area contributed by atoms with Crippen molar-refractivity contribution < 1.29 is 4.74 Å². The van der Waals surface area contributed by atoms with Crippen LogP contribution in [0.5, 0.6) is 5.75 Å². The van der Waals surface area contributed by atoms with E-state index in [4.69, 9.17) is 4.74 Å². The second-order valence-corrected chi connectivity index (χ2v) is 6.84. The highest BCUT2D eigenvalue weighted by Gasteiger charge is 2.10. The van der Waals surface area contributed by atoms with E-state index in [0.717, 1.165) is 36.1 Å². The Morgan fingerprint density at radius 3 is 2.55 bits per heavy atom. The van der Waals surface area contributed by atoms with Gasteiger partial charge in [0, 0.05) is 22.4 Å². The van der Waals surface area contributed by atoms with Gasteiger partial charge < -0.3 is 9.14 Å². The van der Waals surface area contributed by atoms with E-state index in [2.05, 4.69) is 52.8 Å². The molecule has 0 N–H and O–H groups in total. The van der Waals surface area contributed by atoms with E-state index in [1.165, 1.54) is 0 Å². The molecule has 0 aliphatic rings. The van der Waals surface area contributed by atoms with Crippen molar-refractivity contribution in [2.75, 3.05) is 7.11 Å². The summed E-state index contributed by atoms with van der Waals surface area (Å²) in [6.07, 6.45) is 3.98. The molecule has 0 bridgehead atoms. The van der Waals surface area contributed by atoms with Crippen LogP contribution in [0.25, 0.3) is 16.9 Å². The summed E-state index contributed by atoms with van der Waals surface area (Å²) in [5.41, 5.74) is 2.83. The number of hydrogen-bond acceptors (Lipinski definition) is 2. The third-order valence-electron chi connectivity index (χ3n) is 2.92. The lowest BCUT2D eigenvalue weighted by Crippen LogP contribution is -1.85. The molecule has 0 atom stereocenters. The molecule has 0 spiro atoms. The standard InChI is InChI=1S/C14H9Br3N2O/c1-20-13-3-2-8(4-10(13)16)12-7-19-6-9(15)5-11(17)14(19)18-12/h2-7H,1H3. The van der Waals surface area contributed by atoms with Crippen LogP contribution in [-0.4, -0.2) is 16.5 Å². The third kappa shape index (κ3) is 2.52. The van der Waals surface area contributed by atoms with Crippen LogP contribution < -0.4 is 4.74 Å². The van der Waals surface area contributed by atoms with Crippen LogP contribution in [-0.2, 0) is 0 Å². The Hall–Kier alpha value is -0.850. The van der Waals surface area contributed by atoms with Gasteiger partial charge >= 0.3 is 0 Å². The summed E-state index contributed by atoms with van der Waals surface area (Å²) in [5.74, 6) is 0.807. The molecule has 3 nitrogen and oxygen atoms in total. The zero-order chi connectivity index (χ0) is 14.3. The van der Waals surface area contributed by atoms with Crippen molar-refractivity contribution in [1.82, 2.24) is 9.38 Å². The van der Waals surface area contributed by atoms with E-state index < -0.39 is 0 Å². The second kappa shape index (κ2) is 5.50. The first-order valence-corrected chi connectivity index (χ1v) is 8.14. The summed E-state index contributed by atoms with van der Waals surface area (Å²) in [6.45, 7) is 0. The zero-order valence-electron chi connectivity index (χ0n) is 10.4. The molecule has 0 aliphatic heterocycles. The highest BCUT2D eigenvalue weighted by molar-refractivity contribution is 9.11. The number of nitrogens with zero attached hydrogens (tertiary/aromatic N) is 2. The molecule has 2 aromatic heterocycles. The molecule has 1 aromatic carbocycles. The molecule has 102 valence electrons. The molecule has 6 heteroatoms. The number of benzene rings is 1. The van der Waals surface area contributed by atoms with Crippen LogP contribution >= 0.6 is 47.8 Å². The molecule has 0 fully saturated rings. The predicted octanol–water partition coefficient (Wildman–Crippen LogP) is 5.30. The minimum Gasteiger partial charge on any atom is -0.496 e. The van der Waals surface area contributed by atoms with Gasteiger partial charge in [0.15, 0.2) is 5.65 Å². The maximum absolute atomic E-state index is 5.24. The van der Waals surface area contributed by atoms with Crippen LogP contribution in [0.15, 0.2) is 50.1 Å². The van der Waals surface area contributed by atoms with Crippen molar-refractivity contribution in [3.05, 3.63) is 50.1 Å². The maximum Gasteiger partial charge on any atom is 0.151 e. The van der Waals surface area contributed by atoms with Gasteiger partial charge in [0.2, 0.25) is 0 Å². The fourth-order valence-corrected chi connectivity index (χ4v) is 3.83. The molecule has 3 aromatic rings. The van der Waals surface area contributed by atoms with Crippen molar-refractivity contribution >= 4 is 53.4 Å². The van der Waals surface area contributed by atoms with E-state index in [9.17, 15) is 0 Å². The molecular weight excluding hydrogens is 452 g/mol. The van der Waals surface area contributed by atoms with Gasteiger partial charge in [-0.25, -0.2) is 4.98 Å².